The fraction of sp³-hybridized carbons (Fsp3) is 0.385. The minimum atomic E-state index is -0.239. The Morgan fingerprint density at radius 1 is 0.844 bits per heavy atom. The molecule has 6 heteroatoms. The van der Waals surface area contributed by atoms with Crippen LogP contribution in [0.5, 0.6) is 11.5 Å². The van der Waals surface area contributed by atoms with Crippen LogP contribution in [0.3, 0.4) is 0 Å². The number of methoxy groups -OCH3 is 1. The topological polar surface area (TPSA) is 59.1 Å². The van der Waals surface area contributed by atoms with Gasteiger partial charge in [-0.05, 0) is 74.1 Å². The van der Waals surface area contributed by atoms with E-state index in [2.05, 4.69) is 4.90 Å². The van der Waals surface area contributed by atoms with E-state index >= 15 is 0 Å². The molecule has 6 nitrogen and oxygen atoms in total. The van der Waals surface area contributed by atoms with Gasteiger partial charge in [0.15, 0.2) is 0 Å². The Morgan fingerprint density at radius 3 is 2.19 bits per heavy atom. The summed E-state index contributed by atoms with van der Waals surface area (Å²) >= 11 is 0. The van der Waals surface area contributed by atoms with E-state index in [9.17, 15) is 9.59 Å². The Hall–Kier alpha value is -3.28. The van der Waals surface area contributed by atoms with Crippen molar-refractivity contribution in [3.63, 3.8) is 0 Å². The van der Waals surface area contributed by atoms with Crippen LogP contribution in [0.25, 0.3) is 5.57 Å². The number of ether oxygens (including phenoxy) is 2. The van der Waals surface area contributed by atoms with E-state index in [1.807, 2.05) is 56.3 Å². The van der Waals surface area contributed by atoms with E-state index in [0.717, 1.165) is 54.8 Å². The van der Waals surface area contributed by atoms with Gasteiger partial charge in [-0.3, -0.25) is 14.5 Å². The second kappa shape index (κ2) is 9.47. The van der Waals surface area contributed by atoms with Gasteiger partial charge >= 0.3 is 0 Å². The molecule has 32 heavy (non-hydrogen) atoms. The summed E-state index contributed by atoms with van der Waals surface area (Å²) in [7, 11) is 1.61. The molecule has 0 unspecified atom stereocenters. The second-order valence-corrected chi connectivity index (χ2v) is 8.36. The molecule has 0 atom stereocenters. The maximum absolute atomic E-state index is 13.4. The zero-order valence-electron chi connectivity index (χ0n) is 19.0. The molecule has 0 aliphatic carbocycles. The lowest BCUT2D eigenvalue weighted by molar-refractivity contribution is -0.138. The van der Waals surface area contributed by atoms with E-state index in [4.69, 9.17) is 9.47 Å². The van der Waals surface area contributed by atoms with Gasteiger partial charge in [0, 0.05) is 13.1 Å². The van der Waals surface area contributed by atoms with Crippen LogP contribution in [0.15, 0.2) is 48.2 Å². The molecule has 2 heterocycles. The molecule has 2 aromatic rings. The van der Waals surface area contributed by atoms with E-state index in [-0.39, 0.29) is 25.0 Å². The number of imide groups is 1. The molecule has 0 N–H and O–H groups in total. The van der Waals surface area contributed by atoms with Gasteiger partial charge in [0.1, 0.15) is 23.8 Å². The number of benzene rings is 2. The standard InChI is InChI=1S/C26H30N2O4/c1-18-7-8-20(17-19(18)2)23-24(27-13-5-4-6-14-27)26(30)28(25(23)29)15-16-32-22-11-9-21(31-3)10-12-22/h7-12,17H,4-6,13-16H2,1-3H3. The van der Waals surface area contributed by atoms with E-state index in [1.54, 1.807) is 7.11 Å². The zero-order chi connectivity index (χ0) is 22.7. The number of hydrogen-bond donors (Lipinski definition) is 0. The Morgan fingerprint density at radius 2 is 1.53 bits per heavy atom. The quantitative estimate of drug-likeness (QED) is 0.618. The van der Waals surface area contributed by atoms with Gasteiger partial charge in [0.2, 0.25) is 0 Å². The summed E-state index contributed by atoms with van der Waals surface area (Å²) in [5.41, 5.74) is 4.14. The fourth-order valence-electron chi connectivity index (χ4n) is 4.26. The number of likely N-dealkylation sites (tertiary alicyclic amines) is 1. The largest absolute Gasteiger partial charge is 0.497 e. The van der Waals surface area contributed by atoms with Crippen molar-refractivity contribution in [2.75, 3.05) is 33.4 Å². The summed E-state index contributed by atoms with van der Waals surface area (Å²) in [5, 5.41) is 0. The van der Waals surface area contributed by atoms with Crippen molar-refractivity contribution in [1.82, 2.24) is 9.80 Å². The summed E-state index contributed by atoms with van der Waals surface area (Å²) in [6.45, 7) is 6.12. The Balaban J connectivity index is 1.56. The van der Waals surface area contributed by atoms with Gasteiger partial charge in [-0.2, -0.15) is 0 Å². The highest BCUT2D eigenvalue weighted by molar-refractivity contribution is 6.35. The van der Waals surface area contributed by atoms with Crippen LogP contribution in [-0.4, -0.2) is 55.0 Å². The molecule has 0 radical (unpaired) electrons. The maximum Gasteiger partial charge on any atom is 0.277 e. The normalized spacial score (nSPS) is 16.7. The molecular weight excluding hydrogens is 404 g/mol. The molecular formula is C26H30N2O4. The molecule has 2 aliphatic rings. The summed E-state index contributed by atoms with van der Waals surface area (Å²) < 4.78 is 10.9. The molecule has 2 aromatic carbocycles. The van der Waals surface area contributed by atoms with Crippen molar-refractivity contribution in [3.8, 4) is 11.5 Å². The van der Waals surface area contributed by atoms with Crippen LogP contribution >= 0.6 is 0 Å². The van der Waals surface area contributed by atoms with E-state index in [0.29, 0.717) is 17.0 Å². The lowest BCUT2D eigenvalue weighted by atomic mass is 9.98. The highest BCUT2D eigenvalue weighted by atomic mass is 16.5. The Kier molecular flexibility index (Phi) is 6.49. The van der Waals surface area contributed by atoms with Crippen molar-refractivity contribution >= 4 is 17.4 Å². The molecule has 0 aromatic heterocycles. The smallest absolute Gasteiger partial charge is 0.277 e. The number of rotatable bonds is 7. The van der Waals surface area contributed by atoms with Crippen molar-refractivity contribution < 1.29 is 19.1 Å². The summed E-state index contributed by atoms with van der Waals surface area (Å²) in [6, 6.07) is 13.2. The molecule has 2 amide bonds. The van der Waals surface area contributed by atoms with Crippen molar-refractivity contribution in [2.24, 2.45) is 0 Å². The van der Waals surface area contributed by atoms with Crippen LogP contribution in [0.4, 0.5) is 0 Å². The van der Waals surface area contributed by atoms with Gasteiger partial charge in [-0.1, -0.05) is 18.2 Å². The first-order valence-electron chi connectivity index (χ1n) is 11.2. The molecule has 0 saturated carbocycles. The predicted octanol–water partition coefficient (Wildman–Crippen LogP) is 3.96. The molecule has 1 fully saturated rings. The third-order valence-electron chi connectivity index (χ3n) is 6.25. The highest BCUT2D eigenvalue weighted by Gasteiger charge is 2.41. The SMILES string of the molecule is COc1ccc(OCCN2C(=O)C(c3ccc(C)c(C)c3)=C(N3CCCCC3)C2=O)cc1. The number of nitrogens with zero attached hydrogens (tertiary/aromatic N) is 2. The first kappa shape index (κ1) is 21.9. The number of hydrogen-bond acceptors (Lipinski definition) is 5. The fourth-order valence-corrected chi connectivity index (χ4v) is 4.26. The lowest BCUT2D eigenvalue weighted by Gasteiger charge is -2.29. The number of carbonyl (C=O) groups is 2. The lowest BCUT2D eigenvalue weighted by Crippen LogP contribution is -2.39. The van der Waals surface area contributed by atoms with Gasteiger partial charge in [0.05, 0.1) is 19.2 Å². The zero-order valence-corrected chi connectivity index (χ0v) is 19.0. The van der Waals surface area contributed by atoms with Gasteiger partial charge in [-0.15, -0.1) is 0 Å². The van der Waals surface area contributed by atoms with Crippen LogP contribution in [0.2, 0.25) is 0 Å². The average molecular weight is 435 g/mol. The number of aryl methyl sites for hydroxylation is 2. The minimum absolute atomic E-state index is 0.204. The van der Waals surface area contributed by atoms with Crippen LogP contribution in [0.1, 0.15) is 36.0 Å². The summed E-state index contributed by atoms with van der Waals surface area (Å²) in [4.78, 5) is 30.3. The van der Waals surface area contributed by atoms with E-state index < -0.39 is 0 Å². The van der Waals surface area contributed by atoms with Gasteiger partial charge < -0.3 is 14.4 Å². The minimum Gasteiger partial charge on any atom is -0.497 e. The van der Waals surface area contributed by atoms with Gasteiger partial charge in [-0.25, -0.2) is 0 Å². The third kappa shape index (κ3) is 4.35. The van der Waals surface area contributed by atoms with Crippen LogP contribution < -0.4 is 9.47 Å². The van der Waals surface area contributed by atoms with Crippen LogP contribution in [-0.2, 0) is 9.59 Å². The van der Waals surface area contributed by atoms with Gasteiger partial charge in [0.25, 0.3) is 11.8 Å². The number of piperidine rings is 1. The summed E-state index contributed by atoms with van der Waals surface area (Å²) in [6.07, 6.45) is 3.22. The monoisotopic (exact) mass is 434 g/mol. The van der Waals surface area contributed by atoms with Crippen molar-refractivity contribution in [1.29, 1.82) is 0 Å². The average Bonchev–Trinajstić information content (AvgIpc) is 3.06. The maximum atomic E-state index is 13.4. The molecule has 4 rings (SSSR count). The first-order valence-corrected chi connectivity index (χ1v) is 11.2. The summed E-state index contributed by atoms with van der Waals surface area (Å²) in [5.74, 6) is 0.958. The Labute approximate surface area is 189 Å². The molecule has 0 spiro atoms. The highest BCUT2D eigenvalue weighted by Crippen LogP contribution is 2.33. The van der Waals surface area contributed by atoms with Crippen molar-refractivity contribution in [3.05, 3.63) is 64.9 Å². The third-order valence-corrected chi connectivity index (χ3v) is 6.25. The van der Waals surface area contributed by atoms with E-state index in [1.165, 1.54) is 4.90 Å². The Bertz CT molecular complexity index is 1040. The molecule has 168 valence electrons. The first-order chi connectivity index (χ1) is 15.5. The second-order valence-electron chi connectivity index (χ2n) is 8.36. The predicted molar refractivity (Wildman–Crippen MR) is 123 cm³/mol. The number of amides is 2. The molecule has 2 aliphatic heterocycles. The molecule has 1 saturated heterocycles. The number of carbonyl (C=O) groups excluding carboxylic acids is 2. The van der Waals surface area contributed by atoms with Crippen LogP contribution in [0, 0.1) is 13.8 Å². The van der Waals surface area contributed by atoms with Crippen molar-refractivity contribution in [2.45, 2.75) is 33.1 Å². The molecule has 0 bridgehead atoms.